The number of ether oxygens (including phenoxy) is 2. The van der Waals surface area contributed by atoms with Gasteiger partial charge in [-0.15, -0.1) is 0 Å². The van der Waals surface area contributed by atoms with Gasteiger partial charge in [-0.1, -0.05) is 35.5 Å². The van der Waals surface area contributed by atoms with Gasteiger partial charge in [-0.2, -0.15) is 5.26 Å². The number of nitrogens with one attached hydrogen (secondary N) is 2. The van der Waals surface area contributed by atoms with E-state index in [1.54, 1.807) is 24.3 Å². The molecule has 7 nitrogen and oxygen atoms in total. The molecule has 2 aromatic carbocycles. The van der Waals surface area contributed by atoms with Crippen molar-refractivity contribution in [3.8, 4) is 17.6 Å². The average Bonchev–Trinajstić information content (AvgIpc) is 3.33. The molecule has 0 saturated carbocycles. The van der Waals surface area contributed by atoms with Crippen molar-refractivity contribution in [2.45, 2.75) is 32.1 Å². The molecule has 1 amide bonds. The molecule has 35 heavy (non-hydrogen) atoms. The van der Waals surface area contributed by atoms with E-state index in [9.17, 15) is 14.9 Å². The minimum atomic E-state index is -0.528. The minimum absolute atomic E-state index is 0.0346. The lowest BCUT2D eigenvalue weighted by molar-refractivity contribution is -0.116. The third kappa shape index (κ3) is 4.49. The smallest absolute Gasteiger partial charge is 0.234 e. The highest BCUT2D eigenvalue weighted by molar-refractivity contribution is 8.03. The Morgan fingerprint density at radius 3 is 2.91 bits per heavy atom. The van der Waals surface area contributed by atoms with E-state index in [-0.39, 0.29) is 24.2 Å². The number of nitrogens with zero attached hydrogens (tertiary/aromatic N) is 1. The van der Waals surface area contributed by atoms with Gasteiger partial charge < -0.3 is 20.1 Å². The highest BCUT2D eigenvalue weighted by Gasteiger charge is 2.37. The van der Waals surface area contributed by atoms with Gasteiger partial charge in [0.05, 0.1) is 28.3 Å². The molecular weight excluding hydrogens is 486 g/mol. The molecule has 2 aromatic rings. The number of carbonyl (C=O) groups excluding carboxylic acids is 2. The fourth-order valence-corrected chi connectivity index (χ4v) is 5.57. The van der Waals surface area contributed by atoms with E-state index in [2.05, 4.69) is 16.7 Å². The number of carbonyl (C=O) groups is 2. The summed E-state index contributed by atoms with van der Waals surface area (Å²) >= 11 is 7.41. The van der Waals surface area contributed by atoms with E-state index < -0.39 is 5.92 Å². The average molecular weight is 508 g/mol. The number of rotatable bonds is 5. The third-order valence-electron chi connectivity index (χ3n) is 6.28. The molecule has 2 aliphatic heterocycles. The van der Waals surface area contributed by atoms with Gasteiger partial charge in [-0.3, -0.25) is 9.59 Å². The number of fused-ring (bicyclic) bond motifs is 1. The lowest BCUT2D eigenvalue weighted by Gasteiger charge is -2.33. The normalized spacial score (nSPS) is 18.7. The molecule has 3 aliphatic rings. The number of ketones is 1. The van der Waals surface area contributed by atoms with E-state index in [4.69, 9.17) is 21.1 Å². The number of benzene rings is 2. The van der Waals surface area contributed by atoms with Crippen molar-refractivity contribution >= 4 is 40.7 Å². The zero-order valence-corrected chi connectivity index (χ0v) is 20.5. The second kappa shape index (κ2) is 9.68. The summed E-state index contributed by atoms with van der Waals surface area (Å²) in [6.45, 7) is 1.98. The van der Waals surface area contributed by atoms with Crippen molar-refractivity contribution in [1.82, 2.24) is 5.32 Å². The number of thioether (sulfide) groups is 1. The Labute approximate surface area is 212 Å². The quantitative estimate of drug-likeness (QED) is 0.575. The van der Waals surface area contributed by atoms with Crippen molar-refractivity contribution in [2.24, 2.45) is 0 Å². The van der Waals surface area contributed by atoms with Crippen LogP contribution in [-0.2, 0) is 9.59 Å². The molecule has 1 aliphatic carbocycles. The Morgan fingerprint density at radius 2 is 2.09 bits per heavy atom. The van der Waals surface area contributed by atoms with Gasteiger partial charge in [0.15, 0.2) is 17.3 Å². The predicted molar refractivity (Wildman–Crippen MR) is 134 cm³/mol. The van der Waals surface area contributed by atoms with E-state index >= 15 is 0 Å². The molecule has 0 aromatic heterocycles. The van der Waals surface area contributed by atoms with Gasteiger partial charge in [-0.25, -0.2) is 0 Å². The monoisotopic (exact) mass is 507 g/mol. The maximum absolute atomic E-state index is 13.0. The van der Waals surface area contributed by atoms with Crippen molar-refractivity contribution in [1.29, 1.82) is 5.26 Å². The van der Waals surface area contributed by atoms with Gasteiger partial charge in [0, 0.05) is 28.4 Å². The predicted octanol–water partition coefficient (Wildman–Crippen LogP) is 5.18. The number of halogens is 1. The molecule has 1 atom stereocenters. The van der Waals surface area contributed by atoms with E-state index in [1.807, 2.05) is 19.1 Å². The number of allylic oxidation sites excluding steroid dienone is 3. The SMILES string of the molecule is Cc1c(Cl)cccc1NC(=O)CSC1=C(C#N)[C@H](c2ccc3c(c2)OCO3)C2=C(CCCC2=O)N1. The van der Waals surface area contributed by atoms with Gasteiger partial charge in [-0.05, 0) is 55.2 Å². The van der Waals surface area contributed by atoms with Crippen LogP contribution in [0, 0.1) is 18.3 Å². The molecule has 178 valence electrons. The summed E-state index contributed by atoms with van der Waals surface area (Å²) in [5, 5.41) is 17.5. The Hall–Kier alpha value is -3.41. The Morgan fingerprint density at radius 1 is 1.26 bits per heavy atom. The Kier molecular flexibility index (Phi) is 6.46. The van der Waals surface area contributed by atoms with Crippen molar-refractivity contribution in [2.75, 3.05) is 17.9 Å². The summed E-state index contributed by atoms with van der Waals surface area (Å²) in [5.74, 6) is 0.605. The van der Waals surface area contributed by atoms with Crippen molar-refractivity contribution in [3.05, 3.63) is 74.4 Å². The maximum Gasteiger partial charge on any atom is 0.234 e. The first-order valence-electron chi connectivity index (χ1n) is 11.2. The van der Waals surface area contributed by atoms with Crippen molar-refractivity contribution in [3.63, 3.8) is 0 Å². The molecule has 0 saturated heterocycles. The lowest BCUT2D eigenvalue weighted by Crippen LogP contribution is -2.31. The van der Waals surface area contributed by atoms with Gasteiger partial charge >= 0.3 is 0 Å². The molecule has 5 rings (SSSR count). The zero-order valence-electron chi connectivity index (χ0n) is 18.9. The summed E-state index contributed by atoms with van der Waals surface area (Å²) < 4.78 is 11.0. The van der Waals surface area contributed by atoms with Crippen LogP contribution in [0.25, 0.3) is 0 Å². The fraction of sp³-hybridized carbons (Fsp3) is 0.269. The molecule has 9 heteroatoms. The van der Waals surface area contributed by atoms with Crippen LogP contribution in [0.1, 0.15) is 36.3 Å². The molecule has 0 spiro atoms. The van der Waals surface area contributed by atoms with Crippen LogP contribution in [0.4, 0.5) is 5.69 Å². The summed E-state index contributed by atoms with van der Waals surface area (Å²) in [6.07, 6.45) is 1.90. The van der Waals surface area contributed by atoms with Crippen molar-refractivity contribution < 1.29 is 19.1 Å². The second-order valence-corrected chi connectivity index (χ2v) is 9.84. The highest BCUT2D eigenvalue weighted by Crippen LogP contribution is 2.46. The summed E-state index contributed by atoms with van der Waals surface area (Å²) in [6, 6.07) is 13.1. The molecule has 0 bridgehead atoms. The molecule has 0 radical (unpaired) electrons. The molecular formula is C26H22ClN3O4S. The summed E-state index contributed by atoms with van der Waals surface area (Å²) in [4.78, 5) is 25.7. The largest absolute Gasteiger partial charge is 0.454 e. The second-order valence-electron chi connectivity index (χ2n) is 8.44. The summed E-state index contributed by atoms with van der Waals surface area (Å²) in [7, 11) is 0. The highest BCUT2D eigenvalue weighted by atomic mass is 35.5. The molecule has 2 heterocycles. The number of nitriles is 1. The first-order chi connectivity index (χ1) is 17.0. The molecule has 0 unspecified atom stereocenters. The van der Waals surface area contributed by atoms with Gasteiger partial charge in [0.2, 0.25) is 12.7 Å². The topological polar surface area (TPSA) is 100 Å². The summed E-state index contributed by atoms with van der Waals surface area (Å²) in [5.41, 5.74) is 4.07. The standard InChI is InChI=1S/C26H22ClN3O4S/c1-14-17(27)4-2-5-18(14)29-23(32)12-35-26-16(11-28)24(25-19(30-26)6-3-7-20(25)31)15-8-9-21-22(10-15)34-13-33-21/h2,4-5,8-10,24,30H,3,6-7,12-13H2,1H3,(H,29,32)/t24-/m0/s1. The van der Waals surface area contributed by atoms with Crippen LogP contribution >= 0.6 is 23.4 Å². The molecule has 2 N–H and O–H groups in total. The number of amides is 1. The maximum atomic E-state index is 13.0. The van der Waals surface area contributed by atoms with Crippen LogP contribution in [0.5, 0.6) is 11.5 Å². The number of dihydropyridines is 1. The Bertz CT molecular complexity index is 1340. The lowest BCUT2D eigenvalue weighted by atomic mass is 9.77. The first-order valence-corrected chi connectivity index (χ1v) is 12.6. The van der Waals surface area contributed by atoms with Gasteiger partial charge in [0.25, 0.3) is 0 Å². The van der Waals surface area contributed by atoms with Crippen LogP contribution in [0.2, 0.25) is 5.02 Å². The van der Waals surface area contributed by atoms with E-state index in [0.717, 1.165) is 23.2 Å². The number of hydrogen-bond donors (Lipinski definition) is 2. The van der Waals surface area contributed by atoms with E-state index in [0.29, 0.717) is 51.2 Å². The zero-order chi connectivity index (χ0) is 24.5. The number of Topliss-reactive ketones (excluding diaryl/α,β-unsaturated/α-hetero) is 1. The fourth-order valence-electron chi connectivity index (χ4n) is 4.53. The van der Waals surface area contributed by atoms with E-state index in [1.165, 1.54) is 11.8 Å². The van der Waals surface area contributed by atoms with Crippen LogP contribution in [0.3, 0.4) is 0 Å². The first kappa shape index (κ1) is 23.3. The van der Waals surface area contributed by atoms with Crippen LogP contribution in [0.15, 0.2) is 58.3 Å². The molecule has 0 fully saturated rings. The van der Waals surface area contributed by atoms with Gasteiger partial charge in [0.1, 0.15) is 0 Å². The number of hydrogen-bond acceptors (Lipinski definition) is 7. The van der Waals surface area contributed by atoms with Crippen LogP contribution in [-0.4, -0.2) is 24.2 Å². The number of anilines is 1. The Balaban J connectivity index is 1.44. The third-order valence-corrected chi connectivity index (χ3v) is 7.71. The van der Waals surface area contributed by atoms with Crippen LogP contribution < -0.4 is 20.1 Å². The minimum Gasteiger partial charge on any atom is -0.454 e.